The number of nitrogens with one attached hydrogen (secondary N) is 1. The molecule has 1 fully saturated rings. The lowest BCUT2D eigenvalue weighted by Gasteiger charge is -2.17. The molecule has 8 bridgehead atoms. The van der Waals surface area contributed by atoms with E-state index in [-0.39, 0.29) is 11.2 Å². The Balaban J connectivity index is 1.68. The van der Waals surface area contributed by atoms with Gasteiger partial charge in [-0.25, -0.2) is 15.0 Å². The van der Waals surface area contributed by atoms with Gasteiger partial charge in [0.05, 0.1) is 40.0 Å². The number of hydrogen-bond donors (Lipinski definition) is 2. The maximum Gasteiger partial charge on any atom is 0.0986 e. The lowest BCUT2D eigenvalue weighted by molar-refractivity contribution is 0.412. The normalized spacial score (nSPS) is 25.3. The highest BCUT2D eigenvalue weighted by atomic mass is 16.3. The van der Waals surface area contributed by atoms with Gasteiger partial charge in [-0.15, -0.1) is 0 Å². The second-order valence-electron chi connectivity index (χ2n) is 8.36. The molecule has 0 aromatic heterocycles. The van der Waals surface area contributed by atoms with Gasteiger partial charge >= 0.3 is 0 Å². The number of aliphatic hydroxyl groups is 1. The molecule has 0 atom stereocenters. The van der Waals surface area contributed by atoms with Crippen molar-refractivity contribution in [2.24, 2.45) is 20.4 Å². The average molecular weight is 382 g/mol. The summed E-state index contributed by atoms with van der Waals surface area (Å²) >= 11 is 0. The van der Waals surface area contributed by atoms with Crippen LogP contribution in [-0.2, 0) is 0 Å². The number of allylic oxidation sites excluding steroid dienone is 13. The van der Waals surface area contributed by atoms with Crippen molar-refractivity contribution in [1.82, 2.24) is 5.32 Å². The molecule has 0 aromatic carbocycles. The Hall–Kier alpha value is -3.47. The van der Waals surface area contributed by atoms with Crippen LogP contribution in [0.25, 0.3) is 0 Å². The standard InChI is InChI=1S/C24H22N4O/c1-14(29)21-10-19-9-17-5-4-15(25-17)8-16-6-7-18(26-16)12-23-24(2,3)13-20(28-23)11-22(21)27-19/h4-12,28-29H,13H2,1-3H3/b16-8?,17-9?,20-11?,21-14+,23-12?. The SMILES string of the molecule is C/C(O)=C1/C=C2C=C3C=CC(=N3)C=C3C=CC(=N3)C=C3NC(=CC1=N2)CC3(C)C. The Bertz CT molecular complexity index is 1170. The van der Waals surface area contributed by atoms with Gasteiger partial charge in [0.15, 0.2) is 0 Å². The zero-order chi connectivity index (χ0) is 20.2. The molecule has 5 heterocycles. The van der Waals surface area contributed by atoms with E-state index in [4.69, 9.17) is 9.98 Å². The third-order valence-corrected chi connectivity index (χ3v) is 5.43. The molecule has 5 nitrogen and oxygen atoms in total. The van der Waals surface area contributed by atoms with E-state index in [1.165, 1.54) is 0 Å². The van der Waals surface area contributed by atoms with Crippen molar-refractivity contribution in [3.05, 3.63) is 94.5 Å². The minimum absolute atomic E-state index is 0.0377. The minimum Gasteiger partial charge on any atom is -0.512 e. The lowest BCUT2D eigenvalue weighted by Crippen LogP contribution is -2.14. The summed E-state index contributed by atoms with van der Waals surface area (Å²) < 4.78 is 0. The first-order valence-corrected chi connectivity index (χ1v) is 9.73. The topological polar surface area (TPSA) is 69.3 Å². The van der Waals surface area contributed by atoms with Crippen LogP contribution < -0.4 is 5.32 Å². The maximum absolute atomic E-state index is 10.2. The zero-order valence-corrected chi connectivity index (χ0v) is 16.7. The number of fused-ring (bicyclic) bond motifs is 5. The quantitative estimate of drug-likeness (QED) is 0.594. The molecule has 0 amide bonds. The van der Waals surface area contributed by atoms with Crippen molar-refractivity contribution < 1.29 is 5.11 Å². The molecular formula is C24H22N4O. The Morgan fingerprint density at radius 3 is 2.28 bits per heavy atom. The second-order valence-corrected chi connectivity index (χ2v) is 8.36. The molecule has 1 saturated heterocycles. The van der Waals surface area contributed by atoms with Gasteiger partial charge in [-0.2, -0.15) is 0 Å². The Labute approximate surface area is 170 Å². The van der Waals surface area contributed by atoms with Crippen molar-refractivity contribution in [1.29, 1.82) is 0 Å². The van der Waals surface area contributed by atoms with E-state index in [1.807, 2.05) is 48.6 Å². The molecule has 5 aliphatic heterocycles. The number of hydrogen-bond acceptors (Lipinski definition) is 5. The fraction of sp³-hybridized carbons (Fsp3) is 0.208. The van der Waals surface area contributed by atoms with Crippen molar-refractivity contribution in [3.8, 4) is 0 Å². The monoisotopic (exact) mass is 382 g/mol. The van der Waals surface area contributed by atoms with Crippen LogP contribution in [0.1, 0.15) is 27.2 Å². The van der Waals surface area contributed by atoms with Crippen LogP contribution in [0, 0.1) is 5.41 Å². The third-order valence-electron chi connectivity index (χ3n) is 5.43. The molecule has 5 aliphatic rings. The van der Waals surface area contributed by atoms with E-state index in [2.05, 4.69) is 30.2 Å². The van der Waals surface area contributed by atoms with Gasteiger partial charge in [0.25, 0.3) is 0 Å². The summed E-state index contributed by atoms with van der Waals surface area (Å²) in [6.45, 7) is 6.12. The summed E-state index contributed by atoms with van der Waals surface area (Å²) in [4.78, 5) is 14.1. The number of aliphatic imine (C=N–C) groups is 3. The van der Waals surface area contributed by atoms with Gasteiger partial charge in [-0.1, -0.05) is 13.8 Å². The molecule has 0 spiro atoms. The predicted octanol–water partition coefficient (Wildman–Crippen LogP) is 4.75. The fourth-order valence-corrected chi connectivity index (χ4v) is 3.93. The van der Waals surface area contributed by atoms with Crippen LogP contribution in [0.4, 0.5) is 0 Å². The molecule has 0 aliphatic carbocycles. The number of aliphatic hydroxyl groups excluding tert-OH is 1. The number of rotatable bonds is 0. The summed E-state index contributed by atoms with van der Waals surface area (Å²) in [6.07, 6.45) is 18.8. The highest BCUT2D eigenvalue weighted by Gasteiger charge is 2.33. The molecule has 0 radical (unpaired) electrons. The molecular weight excluding hydrogens is 360 g/mol. The first-order valence-electron chi connectivity index (χ1n) is 9.73. The van der Waals surface area contributed by atoms with Gasteiger partial charge in [0.2, 0.25) is 0 Å². The fourth-order valence-electron chi connectivity index (χ4n) is 3.93. The summed E-state index contributed by atoms with van der Waals surface area (Å²) in [5.41, 5.74) is 7.94. The second kappa shape index (κ2) is 6.27. The van der Waals surface area contributed by atoms with E-state index >= 15 is 0 Å². The summed E-state index contributed by atoms with van der Waals surface area (Å²) in [7, 11) is 0. The highest BCUT2D eigenvalue weighted by molar-refractivity contribution is 6.14. The molecule has 2 N–H and O–H groups in total. The van der Waals surface area contributed by atoms with Crippen LogP contribution in [0.2, 0.25) is 0 Å². The zero-order valence-electron chi connectivity index (χ0n) is 16.7. The smallest absolute Gasteiger partial charge is 0.0986 e. The largest absolute Gasteiger partial charge is 0.512 e. The Kier molecular flexibility index (Phi) is 3.81. The molecule has 0 unspecified atom stereocenters. The van der Waals surface area contributed by atoms with E-state index in [0.29, 0.717) is 0 Å². The number of nitrogens with zero attached hydrogens (tertiary/aromatic N) is 3. The summed E-state index contributed by atoms with van der Waals surface area (Å²) in [5, 5.41) is 13.7. The van der Waals surface area contributed by atoms with Crippen molar-refractivity contribution in [2.45, 2.75) is 27.2 Å². The Morgan fingerprint density at radius 2 is 1.55 bits per heavy atom. The molecule has 144 valence electrons. The molecule has 0 aromatic rings. The van der Waals surface area contributed by atoms with Crippen LogP contribution in [0.15, 0.2) is 109 Å². The van der Waals surface area contributed by atoms with E-state index in [9.17, 15) is 5.11 Å². The molecule has 29 heavy (non-hydrogen) atoms. The summed E-state index contributed by atoms with van der Waals surface area (Å²) in [6, 6.07) is 0. The van der Waals surface area contributed by atoms with E-state index < -0.39 is 0 Å². The predicted molar refractivity (Wildman–Crippen MR) is 118 cm³/mol. The van der Waals surface area contributed by atoms with E-state index in [0.717, 1.165) is 57.6 Å². The van der Waals surface area contributed by atoms with Crippen molar-refractivity contribution in [3.63, 3.8) is 0 Å². The first kappa shape index (κ1) is 17.6. The third kappa shape index (κ3) is 3.29. The Morgan fingerprint density at radius 1 is 0.862 bits per heavy atom. The first-order chi connectivity index (χ1) is 13.9. The lowest BCUT2D eigenvalue weighted by atomic mass is 9.87. The summed E-state index contributed by atoms with van der Waals surface area (Å²) in [5.74, 6) is 0.257. The van der Waals surface area contributed by atoms with Gasteiger partial charge in [0.1, 0.15) is 0 Å². The van der Waals surface area contributed by atoms with Crippen molar-refractivity contribution in [2.75, 3.05) is 0 Å². The van der Waals surface area contributed by atoms with Gasteiger partial charge in [-0.05, 0) is 68.0 Å². The highest BCUT2D eigenvalue weighted by Crippen LogP contribution is 2.39. The molecule has 5 heteroatoms. The van der Waals surface area contributed by atoms with Crippen LogP contribution in [-0.4, -0.2) is 22.2 Å². The molecule has 5 rings (SSSR count). The van der Waals surface area contributed by atoms with Gasteiger partial charge < -0.3 is 10.4 Å². The van der Waals surface area contributed by atoms with Crippen LogP contribution >= 0.6 is 0 Å². The van der Waals surface area contributed by atoms with Gasteiger partial charge in [-0.3, -0.25) is 0 Å². The average Bonchev–Trinajstić information content (AvgIpc) is 3.39. The minimum atomic E-state index is -0.0377. The van der Waals surface area contributed by atoms with Crippen molar-refractivity contribution >= 4 is 17.1 Å². The maximum atomic E-state index is 10.2. The molecule has 0 saturated carbocycles. The van der Waals surface area contributed by atoms with Gasteiger partial charge in [0, 0.05) is 22.4 Å². The van der Waals surface area contributed by atoms with Crippen LogP contribution in [0.3, 0.4) is 0 Å². The van der Waals surface area contributed by atoms with Crippen LogP contribution in [0.5, 0.6) is 0 Å². The van der Waals surface area contributed by atoms with E-state index in [1.54, 1.807) is 6.92 Å².